The molecule has 3 aromatic rings. The lowest BCUT2D eigenvalue weighted by Gasteiger charge is -2.08. The number of thiazole rings is 1. The Morgan fingerprint density at radius 3 is 2.70 bits per heavy atom. The maximum atomic E-state index is 5.37. The van der Waals surface area contributed by atoms with Gasteiger partial charge in [0.15, 0.2) is 0 Å². The lowest BCUT2D eigenvalue weighted by Crippen LogP contribution is -2.11. The normalized spacial score (nSPS) is 10.7. The van der Waals surface area contributed by atoms with Gasteiger partial charge in [0.25, 0.3) is 0 Å². The van der Waals surface area contributed by atoms with Crippen molar-refractivity contribution < 1.29 is 4.74 Å². The van der Waals surface area contributed by atoms with Gasteiger partial charge in [-0.1, -0.05) is 42.5 Å². The molecule has 2 aromatic carbocycles. The van der Waals surface area contributed by atoms with Gasteiger partial charge in [-0.05, 0) is 24.1 Å². The second kappa shape index (κ2) is 7.40. The minimum absolute atomic E-state index is 0.815. The van der Waals surface area contributed by atoms with E-state index < -0.39 is 0 Å². The first-order valence-corrected chi connectivity index (χ1v) is 8.42. The maximum Gasteiger partial charge on any atom is 0.123 e. The monoisotopic (exact) mass is 324 g/mol. The summed E-state index contributed by atoms with van der Waals surface area (Å²) >= 11 is 1.73. The van der Waals surface area contributed by atoms with E-state index in [0.717, 1.165) is 29.4 Å². The molecule has 118 valence electrons. The third-order valence-corrected chi connectivity index (χ3v) is 4.72. The standard InChI is InChI=1S/C19H20N2OS/c1-14-8-9-15(10-18(14)22-2)11-20-12-17-13-21-19(23-17)16-6-4-3-5-7-16/h3-10,13,20H,11-12H2,1-2H3. The fourth-order valence-electron chi connectivity index (χ4n) is 2.41. The number of methoxy groups -OCH3 is 1. The van der Waals surface area contributed by atoms with Crippen LogP contribution < -0.4 is 10.1 Å². The molecule has 1 aromatic heterocycles. The summed E-state index contributed by atoms with van der Waals surface area (Å²) in [5, 5.41) is 4.54. The van der Waals surface area contributed by atoms with Crippen LogP contribution in [0.5, 0.6) is 5.75 Å². The van der Waals surface area contributed by atoms with Gasteiger partial charge in [-0.3, -0.25) is 0 Å². The van der Waals surface area contributed by atoms with Crippen LogP contribution in [0.3, 0.4) is 0 Å². The zero-order valence-corrected chi connectivity index (χ0v) is 14.2. The number of aromatic nitrogens is 1. The van der Waals surface area contributed by atoms with Crippen molar-refractivity contribution >= 4 is 11.3 Å². The van der Waals surface area contributed by atoms with Gasteiger partial charge in [-0.15, -0.1) is 11.3 Å². The summed E-state index contributed by atoms with van der Waals surface area (Å²) in [5.41, 5.74) is 3.55. The molecule has 3 nitrogen and oxygen atoms in total. The van der Waals surface area contributed by atoms with E-state index in [1.165, 1.54) is 16.0 Å². The molecule has 0 fully saturated rings. The summed E-state index contributed by atoms with van der Waals surface area (Å²) in [6, 6.07) is 16.6. The summed E-state index contributed by atoms with van der Waals surface area (Å²) in [5.74, 6) is 0.938. The first-order valence-electron chi connectivity index (χ1n) is 7.60. The van der Waals surface area contributed by atoms with Gasteiger partial charge in [0.1, 0.15) is 10.8 Å². The van der Waals surface area contributed by atoms with Crippen LogP contribution in [0, 0.1) is 6.92 Å². The molecule has 0 bridgehead atoms. The molecular formula is C19H20N2OS. The lowest BCUT2D eigenvalue weighted by atomic mass is 10.1. The molecule has 0 spiro atoms. The molecule has 0 atom stereocenters. The molecule has 4 heteroatoms. The Morgan fingerprint density at radius 1 is 1.09 bits per heavy atom. The number of rotatable bonds is 6. The number of hydrogen-bond acceptors (Lipinski definition) is 4. The fourth-order valence-corrected chi connectivity index (χ4v) is 3.30. The molecule has 23 heavy (non-hydrogen) atoms. The van der Waals surface area contributed by atoms with Crippen molar-refractivity contribution in [2.24, 2.45) is 0 Å². The number of nitrogens with one attached hydrogen (secondary N) is 1. The molecular weight excluding hydrogens is 304 g/mol. The van der Waals surface area contributed by atoms with Crippen molar-refractivity contribution in [1.29, 1.82) is 0 Å². The smallest absolute Gasteiger partial charge is 0.123 e. The minimum Gasteiger partial charge on any atom is -0.496 e. The highest BCUT2D eigenvalue weighted by Crippen LogP contribution is 2.25. The average molecular weight is 324 g/mol. The Bertz CT molecular complexity index is 768. The summed E-state index contributed by atoms with van der Waals surface area (Å²) in [6.45, 7) is 3.69. The van der Waals surface area contributed by atoms with Crippen molar-refractivity contribution in [3.8, 4) is 16.3 Å². The van der Waals surface area contributed by atoms with Crippen molar-refractivity contribution in [2.45, 2.75) is 20.0 Å². The third-order valence-electron chi connectivity index (χ3n) is 3.68. The van der Waals surface area contributed by atoms with E-state index in [1.807, 2.05) is 24.4 Å². The largest absolute Gasteiger partial charge is 0.496 e. The number of hydrogen-bond donors (Lipinski definition) is 1. The van der Waals surface area contributed by atoms with Gasteiger partial charge in [0.05, 0.1) is 7.11 Å². The maximum absolute atomic E-state index is 5.37. The van der Waals surface area contributed by atoms with Crippen LogP contribution >= 0.6 is 11.3 Å². The van der Waals surface area contributed by atoms with Crippen LogP contribution in [0.2, 0.25) is 0 Å². The Labute approximate surface area is 141 Å². The van der Waals surface area contributed by atoms with E-state index in [9.17, 15) is 0 Å². The van der Waals surface area contributed by atoms with Crippen LogP contribution in [-0.4, -0.2) is 12.1 Å². The van der Waals surface area contributed by atoms with Crippen molar-refractivity contribution in [3.05, 3.63) is 70.7 Å². The highest BCUT2D eigenvalue weighted by molar-refractivity contribution is 7.15. The van der Waals surface area contributed by atoms with Gasteiger partial charge in [0.2, 0.25) is 0 Å². The lowest BCUT2D eigenvalue weighted by molar-refractivity contribution is 0.411. The quantitative estimate of drug-likeness (QED) is 0.729. The zero-order chi connectivity index (χ0) is 16.1. The van der Waals surface area contributed by atoms with Gasteiger partial charge < -0.3 is 10.1 Å². The van der Waals surface area contributed by atoms with E-state index >= 15 is 0 Å². The molecule has 0 aliphatic rings. The van der Waals surface area contributed by atoms with Gasteiger partial charge in [-0.2, -0.15) is 0 Å². The Balaban J connectivity index is 1.58. The SMILES string of the molecule is COc1cc(CNCc2cnc(-c3ccccc3)s2)ccc1C. The average Bonchev–Trinajstić information content (AvgIpc) is 3.06. The topological polar surface area (TPSA) is 34.1 Å². The predicted molar refractivity (Wildman–Crippen MR) is 95.8 cm³/mol. The molecule has 0 aliphatic heterocycles. The zero-order valence-electron chi connectivity index (χ0n) is 13.4. The minimum atomic E-state index is 0.815. The van der Waals surface area contributed by atoms with Crippen LogP contribution in [0.4, 0.5) is 0 Å². The number of aryl methyl sites for hydroxylation is 1. The Kier molecular flexibility index (Phi) is 5.05. The predicted octanol–water partition coefficient (Wildman–Crippen LogP) is 4.42. The fraction of sp³-hybridized carbons (Fsp3) is 0.211. The molecule has 0 amide bonds. The molecule has 0 saturated carbocycles. The summed E-state index contributed by atoms with van der Waals surface area (Å²) < 4.78 is 5.37. The third kappa shape index (κ3) is 3.97. The van der Waals surface area contributed by atoms with Crippen molar-refractivity contribution in [1.82, 2.24) is 10.3 Å². The Morgan fingerprint density at radius 2 is 1.91 bits per heavy atom. The highest BCUT2D eigenvalue weighted by Gasteiger charge is 2.05. The van der Waals surface area contributed by atoms with Crippen LogP contribution in [-0.2, 0) is 13.1 Å². The van der Waals surface area contributed by atoms with Crippen LogP contribution in [0.15, 0.2) is 54.7 Å². The highest BCUT2D eigenvalue weighted by atomic mass is 32.1. The van der Waals surface area contributed by atoms with E-state index in [1.54, 1.807) is 18.4 Å². The van der Waals surface area contributed by atoms with Crippen LogP contribution in [0.25, 0.3) is 10.6 Å². The summed E-state index contributed by atoms with van der Waals surface area (Å²) in [4.78, 5) is 5.75. The second-order valence-electron chi connectivity index (χ2n) is 5.41. The van der Waals surface area contributed by atoms with E-state index in [4.69, 9.17) is 4.74 Å². The summed E-state index contributed by atoms with van der Waals surface area (Å²) in [6.07, 6.45) is 1.95. The summed E-state index contributed by atoms with van der Waals surface area (Å²) in [7, 11) is 1.71. The molecule has 1 heterocycles. The van der Waals surface area contributed by atoms with E-state index in [-0.39, 0.29) is 0 Å². The Hall–Kier alpha value is -2.17. The van der Waals surface area contributed by atoms with Crippen molar-refractivity contribution in [2.75, 3.05) is 7.11 Å². The van der Waals surface area contributed by atoms with E-state index in [2.05, 4.69) is 47.6 Å². The molecule has 0 radical (unpaired) electrons. The number of benzene rings is 2. The number of ether oxygens (including phenoxy) is 1. The molecule has 0 saturated heterocycles. The first kappa shape index (κ1) is 15.7. The number of nitrogens with zero attached hydrogens (tertiary/aromatic N) is 1. The first-order chi connectivity index (χ1) is 11.3. The van der Waals surface area contributed by atoms with Crippen molar-refractivity contribution in [3.63, 3.8) is 0 Å². The van der Waals surface area contributed by atoms with Gasteiger partial charge in [-0.25, -0.2) is 4.98 Å². The van der Waals surface area contributed by atoms with Gasteiger partial charge >= 0.3 is 0 Å². The molecule has 3 rings (SSSR count). The molecule has 0 unspecified atom stereocenters. The van der Waals surface area contributed by atoms with E-state index in [0.29, 0.717) is 0 Å². The molecule has 0 aliphatic carbocycles. The van der Waals surface area contributed by atoms with Crippen LogP contribution in [0.1, 0.15) is 16.0 Å². The molecule has 1 N–H and O–H groups in total. The second-order valence-corrected chi connectivity index (χ2v) is 6.52. The van der Waals surface area contributed by atoms with Gasteiger partial charge in [0, 0.05) is 29.7 Å².